The van der Waals surface area contributed by atoms with E-state index in [0.29, 0.717) is 5.69 Å². The van der Waals surface area contributed by atoms with E-state index in [1.165, 1.54) is 13.2 Å². The molecule has 0 aromatic heterocycles. The van der Waals surface area contributed by atoms with E-state index >= 15 is 0 Å². The first-order valence-electron chi connectivity index (χ1n) is 5.25. The van der Waals surface area contributed by atoms with Gasteiger partial charge in [0.05, 0.1) is 12.0 Å². The molecule has 0 spiro atoms. The molecular weight excluding hydrogens is 224 g/mol. The topological polar surface area (TPSA) is 81.5 Å². The molecule has 6 heteroatoms. The van der Waals surface area contributed by atoms with Gasteiger partial charge in [0.25, 0.3) is 0 Å². The van der Waals surface area contributed by atoms with Gasteiger partial charge in [-0.25, -0.2) is 4.79 Å². The molecule has 0 heterocycles. The summed E-state index contributed by atoms with van der Waals surface area (Å²) in [5, 5.41) is 14.1. The van der Waals surface area contributed by atoms with Crippen LogP contribution in [-0.2, 0) is 4.74 Å². The summed E-state index contributed by atoms with van der Waals surface area (Å²) in [7, 11) is 1.20. The fraction of sp³-hybridized carbons (Fsp3) is 0.364. The quantitative estimate of drug-likeness (QED) is 0.491. The third-order valence-electron chi connectivity index (χ3n) is 2.56. The van der Waals surface area contributed by atoms with Gasteiger partial charge >= 0.3 is 11.7 Å². The summed E-state index contributed by atoms with van der Waals surface area (Å²) in [4.78, 5) is 21.9. The number of hydrogen-bond donors (Lipinski definition) is 1. The number of nitrogens with zero attached hydrogens (tertiary/aromatic N) is 1. The summed E-state index contributed by atoms with van der Waals surface area (Å²) in [6.45, 7) is 0. The molecule has 0 saturated heterocycles. The smallest absolute Gasteiger partial charge is 0.344 e. The lowest BCUT2D eigenvalue weighted by Crippen LogP contribution is -2.10. The largest absolute Gasteiger partial charge is 0.465 e. The normalized spacial score (nSPS) is 14.2. The monoisotopic (exact) mass is 236 g/mol. The van der Waals surface area contributed by atoms with Crippen molar-refractivity contribution in [3.63, 3.8) is 0 Å². The van der Waals surface area contributed by atoms with Crippen molar-refractivity contribution in [2.45, 2.75) is 18.9 Å². The van der Waals surface area contributed by atoms with E-state index in [-0.39, 0.29) is 17.3 Å². The Hall–Kier alpha value is -2.11. The summed E-state index contributed by atoms with van der Waals surface area (Å²) in [6.07, 6.45) is 2.00. The molecule has 2 rings (SSSR count). The van der Waals surface area contributed by atoms with E-state index < -0.39 is 10.9 Å². The van der Waals surface area contributed by atoms with Crippen molar-refractivity contribution in [1.29, 1.82) is 0 Å². The number of nitro benzene ring substituents is 1. The second-order valence-electron chi connectivity index (χ2n) is 3.87. The second-order valence-corrected chi connectivity index (χ2v) is 3.87. The van der Waals surface area contributed by atoms with Crippen LogP contribution < -0.4 is 5.32 Å². The molecule has 0 aliphatic heterocycles. The zero-order chi connectivity index (χ0) is 12.4. The Morgan fingerprint density at radius 1 is 1.53 bits per heavy atom. The minimum atomic E-state index is -0.698. The molecule has 0 radical (unpaired) electrons. The molecule has 1 fully saturated rings. The zero-order valence-electron chi connectivity index (χ0n) is 9.30. The number of carbonyl (C=O) groups excluding carboxylic acids is 1. The van der Waals surface area contributed by atoms with Gasteiger partial charge in [-0.05, 0) is 25.0 Å². The van der Waals surface area contributed by atoms with Crippen LogP contribution in [0.1, 0.15) is 23.2 Å². The molecule has 0 unspecified atom stereocenters. The maximum atomic E-state index is 11.4. The minimum Gasteiger partial charge on any atom is -0.465 e. The van der Waals surface area contributed by atoms with Crippen LogP contribution in [-0.4, -0.2) is 24.0 Å². The van der Waals surface area contributed by atoms with Gasteiger partial charge in [0.15, 0.2) is 0 Å². The van der Waals surface area contributed by atoms with Crippen LogP contribution in [0, 0.1) is 10.1 Å². The molecule has 1 aromatic rings. The third kappa shape index (κ3) is 2.35. The number of anilines is 1. The number of nitro groups is 1. The molecule has 1 aliphatic carbocycles. The number of nitrogens with one attached hydrogen (secondary N) is 1. The first-order valence-corrected chi connectivity index (χ1v) is 5.25. The number of ether oxygens (including phenoxy) is 1. The molecule has 0 atom stereocenters. The SMILES string of the molecule is COC(=O)c1cccc(NC2CC2)c1[N+](=O)[O-]. The van der Waals surface area contributed by atoms with Gasteiger partial charge in [0.1, 0.15) is 11.3 Å². The van der Waals surface area contributed by atoms with Crippen molar-refractivity contribution in [3.05, 3.63) is 33.9 Å². The van der Waals surface area contributed by atoms with Crippen molar-refractivity contribution in [2.75, 3.05) is 12.4 Å². The van der Waals surface area contributed by atoms with Gasteiger partial charge < -0.3 is 10.1 Å². The molecule has 0 bridgehead atoms. The lowest BCUT2D eigenvalue weighted by Gasteiger charge is -2.08. The van der Waals surface area contributed by atoms with E-state index in [0.717, 1.165) is 12.8 Å². The van der Waals surface area contributed by atoms with Crippen LogP contribution in [0.25, 0.3) is 0 Å². The molecule has 6 nitrogen and oxygen atoms in total. The standard InChI is InChI=1S/C11H12N2O4/c1-17-11(14)8-3-2-4-9(10(8)13(15)16)12-7-5-6-7/h2-4,7,12H,5-6H2,1H3. The summed E-state index contributed by atoms with van der Waals surface area (Å²) < 4.78 is 4.53. The molecule has 1 saturated carbocycles. The zero-order valence-corrected chi connectivity index (χ0v) is 9.30. The fourth-order valence-corrected chi connectivity index (χ4v) is 1.58. The van der Waals surface area contributed by atoms with Gasteiger partial charge in [-0.1, -0.05) is 6.07 Å². The van der Waals surface area contributed by atoms with Gasteiger partial charge in [0, 0.05) is 6.04 Å². The average Bonchev–Trinajstić information content (AvgIpc) is 3.11. The predicted octanol–water partition coefficient (Wildman–Crippen LogP) is 1.96. The van der Waals surface area contributed by atoms with Crippen molar-refractivity contribution in [3.8, 4) is 0 Å². The number of rotatable bonds is 4. The molecule has 1 aromatic carbocycles. The van der Waals surface area contributed by atoms with Crippen LogP contribution in [0.15, 0.2) is 18.2 Å². The maximum Gasteiger partial charge on any atom is 0.344 e. The molecule has 1 aliphatic rings. The molecular formula is C11H12N2O4. The van der Waals surface area contributed by atoms with E-state index in [1.807, 2.05) is 0 Å². The highest BCUT2D eigenvalue weighted by molar-refractivity contribution is 5.96. The highest BCUT2D eigenvalue weighted by atomic mass is 16.6. The van der Waals surface area contributed by atoms with E-state index in [4.69, 9.17) is 0 Å². The third-order valence-corrected chi connectivity index (χ3v) is 2.56. The van der Waals surface area contributed by atoms with Gasteiger partial charge in [0.2, 0.25) is 0 Å². The lowest BCUT2D eigenvalue weighted by atomic mass is 10.1. The number of methoxy groups -OCH3 is 1. The van der Waals surface area contributed by atoms with Crippen molar-refractivity contribution < 1.29 is 14.5 Å². The number of esters is 1. The first kappa shape index (κ1) is 11.4. The van der Waals surface area contributed by atoms with Gasteiger partial charge in [-0.15, -0.1) is 0 Å². The number of hydrogen-bond acceptors (Lipinski definition) is 5. The second kappa shape index (κ2) is 4.40. The Morgan fingerprint density at radius 3 is 2.76 bits per heavy atom. The van der Waals surface area contributed by atoms with Crippen molar-refractivity contribution >= 4 is 17.3 Å². The van der Waals surface area contributed by atoms with Crippen molar-refractivity contribution in [2.24, 2.45) is 0 Å². The Bertz CT molecular complexity index is 469. The van der Waals surface area contributed by atoms with Crippen LogP contribution in [0.3, 0.4) is 0 Å². The summed E-state index contributed by atoms with van der Waals surface area (Å²) >= 11 is 0. The Kier molecular flexibility index (Phi) is 2.95. The molecule has 0 amide bonds. The average molecular weight is 236 g/mol. The number of carbonyl (C=O) groups is 1. The van der Waals surface area contributed by atoms with E-state index in [1.54, 1.807) is 12.1 Å². The van der Waals surface area contributed by atoms with Crippen molar-refractivity contribution in [1.82, 2.24) is 0 Å². The Balaban J connectivity index is 2.43. The maximum absolute atomic E-state index is 11.4. The Labute approximate surface area is 97.7 Å². The minimum absolute atomic E-state index is 0.0249. The highest BCUT2D eigenvalue weighted by Gasteiger charge is 2.29. The molecule has 90 valence electrons. The van der Waals surface area contributed by atoms with E-state index in [9.17, 15) is 14.9 Å². The summed E-state index contributed by atoms with van der Waals surface area (Å²) in [6, 6.07) is 4.87. The number of benzene rings is 1. The van der Waals surface area contributed by atoms with Gasteiger partial charge in [-0.3, -0.25) is 10.1 Å². The fourth-order valence-electron chi connectivity index (χ4n) is 1.58. The predicted molar refractivity (Wildman–Crippen MR) is 61.1 cm³/mol. The number of para-hydroxylation sites is 1. The van der Waals surface area contributed by atoms with Crippen LogP contribution >= 0.6 is 0 Å². The lowest BCUT2D eigenvalue weighted by molar-refractivity contribution is -0.384. The first-order chi connectivity index (χ1) is 8.13. The van der Waals surface area contributed by atoms with Crippen LogP contribution in [0.2, 0.25) is 0 Å². The summed E-state index contributed by atoms with van der Waals surface area (Å²) in [5.74, 6) is -0.698. The van der Waals surface area contributed by atoms with Gasteiger partial charge in [-0.2, -0.15) is 0 Å². The highest BCUT2D eigenvalue weighted by Crippen LogP contribution is 2.33. The van der Waals surface area contributed by atoms with E-state index in [2.05, 4.69) is 10.1 Å². The van der Waals surface area contributed by atoms with Crippen LogP contribution in [0.5, 0.6) is 0 Å². The molecule has 1 N–H and O–H groups in total. The Morgan fingerprint density at radius 2 is 2.24 bits per heavy atom. The summed E-state index contributed by atoms with van der Waals surface area (Å²) in [5.41, 5.74) is 0.134. The van der Waals surface area contributed by atoms with Crippen LogP contribution in [0.4, 0.5) is 11.4 Å². The molecule has 17 heavy (non-hydrogen) atoms.